The average molecular weight is 504 g/mol. The minimum Gasteiger partial charge on any atom is -0.443 e. The summed E-state index contributed by atoms with van der Waals surface area (Å²) in [5.41, 5.74) is 2.89. The molecule has 0 radical (unpaired) electrons. The largest absolute Gasteiger partial charge is 0.443 e. The number of rotatable bonds is 9. The lowest BCUT2D eigenvalue weighted by molar-refractivity contribution is -0.148. The van der Waals surface area contributed by atoms with Crippen LogP contribution in [0.4, 0.5) is 5.82 Å². The molecule has 8 heteroatoms. The van der Waals surface area contributed by atoms with Crippen LogP contribution in [-0.4, -0.2) is 49.9 Å². The van der Waals surface area contributed by atoms with Crippen molar-refractivity contribution >= 4 is 28.7 Å². The Kier molecular flexibility index (Phi) is 8.26. The second kappa shape index (κ2) is 11.6. The number of amides is 1. The van der Waals surface area contributed by atoms with E-state index in [1.807, 2.05) is 36.2 Å². The van der Waals surface area contributed by atoms with Crippen molar-refractivity contribution in [1.29, 1.82) is 0 Å². The first-order chi connectivity index (χ1) is 17.8. The monoisotopic (exact) mass is 503 g/mol. The van der Waals surface area contributed by atoms with Crippen LogP contribution in [0.5, 0.6) is 0 Å². The highest BCUT2D eigenvalue weighted by atomic mass is 16.5. The summed E-state index contributed by atoms with van der Waals surface area (Å²) in [5, 5.41) is 4.33. The maximum absolute atomic E-state index is 12.8. The Morgan fingerprint density at radius 3 is 2.62 bits per heavy atom. The van der Waals surface area contributed by atoms with Crippen LogP contribution in [0.1, 0.15) is 57.6 Å². The Morgan fingerprint density at radius 2 is 1.92 bits per heavy atom. The van der Waals surface area contributed by atoms with E-state index in [1.54, 1.807) is 4.57 Å². The Morgan fingerprint density at radius 1 is 1.16 bits per heavy atom. The predicted octanol–water partition coefficient (Wildman–Crippen LogP) is 4.91. The summed E-state index contributed by atoms with van der Waals surface area (Å²) in [6, 6.07) is 10.4. The number of carbonyl (C=O) groups is 2. The van der Waals surface area contributed by atoms with Crippen molar-refractivity contribution < 1.29 is 14.3 Å². The molecule has 1 aliphatic heterocycles. The lowest BCUT2D eigenvalue weighted by atomic mass is 9.97. The summed E-state index contributed by atoms with van der Waals surface area (Å²) in [6.45, 7) is 12.6. The third kappa shape index (κ3) is 6.18. The van der Waals surface area contributed by atoms with Crippen LogP contribution in [0, 0.1) is 5.92 Å². The van der Waals surface area contributed by atoms with E-state index in [-0.39, 0.29) is 36.6 Å². The van der Waals surface area contributed by atoms with Gasteiger partial charge in [0.1, 0.15) is 17.8 Å². The maximum Gasteiger partial charge on any atom is 0.314 e. The zero-order chi connectivity index (χ0) is 26.5. The van der Waals surface area contributed by atoms with E-state index in [9.17, 15) is 9.59 Å². The quantitative estimate of drug-likeness (QED) is 0.330. The summed E-state index contributed by atoms with van der Waals surface area (Å²) in [7, 11) is 0. The number of hydrogen-bond acceptors (Lipinski definition) is 6. The SMILES string of the molecule is C=CC(=O)N1C[C@H](Nc2ncnc3c2ccn3COC(=O)[C@H](C)c2ccc(CC(C)C)cc2)CC[C@@H]1C. The standard InChI is InChI=1S/C29H37N5O3/c1-6-26(35)34-16-24(12-7-20(34)4)32-27-25-13-14-33(28(25)31-17-30-27)18-37-29(36)21(5)23-10-8-22(9-11-23)15-19(2)3/h6,8-11,13-14,17,19-21,24H,1,7,12,15-16,18H2,2-5H3,(H,30,31,32)/t20-,21+,24+/m0/s1. The fraction of sp³-hybridized carbons (Fsp3) is 0.448. The van der Waals surface area contributed by atoms with Crippen molar-refractivity contribution in [2.24, 2.45) is 5.92 Å². The van der Waals surface area contributed by atoms with E-state index in [0.29, 0.717) is 23.9 Å². The molecular formula is C29H37N5O3. The summed E-state index contributed by atoms with van der Waals surface area (Å²) >= 11 is 0. The van der Waals surface area contributed by atoms with Gasteiger partial charge in [-0.15, -0.1) is 0 Å². The normalized spacial score (nSPS) is 18.6. The number of benzene rings is 1. The maximum atomic E-state index is 12.8. The molecule has 4 rings (SSSR count). The minimum absolute atomic E-state index is 0.0551. The van der Waals surface area contributed by atoms with Crippen molar-refractivity contribution in [2.45, 2.75) is 71.7 Å². The number of anilines is 1. The second-order valence-electron chi connectivity index (χ2n) is 10.4. The van der Waals surface area contributed by atoms with Crippen molar-refractivity contribution in [3.05, 3.63) is 66.6 Å². The molecule has 0 bridgehead atoms. The van der Waals surface area contributed by atoms with E-state index >= 15 is 0 Å². The minimum atomic E-state index is -0.364. The summed E-state index contributed by atoms with van der Waals surface area (Å²) in [4.78, 5) is 35.7. The summed E-state index contributed by atoms with van der Waals surface area (Å²) < 4.78 is 7.45. The molecule has 2 aromatic heterocycles. The van der Waals surface area contributed by atoms with Gasteiger partial charge >= 0.3 is 5.97 Å². The third-order valence-corrected chi connectivity index (χ3v) is 7.06. The van der Waals surface area contributed by atoms with Gasteiger partial charge in [0.15, 0.2) is 6.73 Å². The van der Waals surface area contributed by atoms with Crippen molar-refractivity contribution in [3.63, 3.8) is 0 Å². The topological polar surface area (TPSA) is 89.3 Å². The second-order valence-corrected chi connectivity index (χ2v) is 10.4. The molecule has 3 heterocycles. The fourth-order valence-electron chi connectivity index (χ4n) is 4.87. The number of carbonyl (C=O) groups excluding carboxylic acids is 2. The Hall–Kier alpha value is -3.68. The number of likely N-dealkylation sites (tertiary alicyclic amines) is 1. The number of esters is 1. The first-order valence-corrected chi connectivity index (χ1v) is 13.0. The highest BCUT2D eigenvalue weighted by Gasteiger charge is 2.28. The van der Waals surface area contributed by atoms with Crippen LogP contribution in [0.2, 0.25) is 0 Å². The molecule has 0 unspecified atom stereocenters. The number of aromatic nitrogens is 3. The van der Waals surface area contributed by atoms with Gasteiger partial charge in [-0.05, 0) is 62.3 Å². The number of ether oxygens (including phenoxy) is 1. The number of fused-ring (bicyclic) bond motifs is 1. The van der Waals surface area contributed by atoms with Crippen LogP contribution >= 0.6 is 0 Å². The number of nitrogens with zero attached hydrogens (tertiary/aromatic N) is 4. The van der Waals surface area contributed by atoms with Crippen LogP contribution in [0.25, 0.3) is 11.0 Å². The Labute approximate surface area is 218 Å². The smallest absolute Gasteiger partial charge is 0.314 e. The van der Waals surface area contributed by atoms with Gasteiger partial charge in [0.2, 0.25) is 5.91 Å². The molecule has 0 saturated carbocycles. The van der Waals surface area contributed by atoms with Gasteiger partial charge in [-0.1, -0.05) is 44.7 Å². The molecule has 3 atom stereocenters. The first-order valence-electron chi connectivity index (χ1n) is 13.0. The highest BCUT2D eigenvalue weighted by molar-refractivity contribution is 5.88. The van der Waals surface area contributed by atoms with Gasteiger partial charge in [0.25, 0.3) is 0 Å². The van der Waals surface area contributed by atoms with E-state index in [2.05, 4.69) is 54.8 Å². The number of piperidine rings is 1. The van der Waals surface area contributed by atoms with Gasteiger partial charge in [-0.25, -0.2) is 9.97 Å². The van der Waals surface area contributed by atoms with Gasteiger partial charge in [0, 0.05) is 24.8 Å². The van der Waals surface area contributed by atoms with E-state index in [4.69, 9.17) is 4.74 Å². The van der Waals surface area contributed by atoms with Gasteiger partial charge in [-0.3, -0.25) is 14.2 Å². The number of nitrogens with one attached hydrogen (secondary N) is 1. The molecule has 1 aromatic carbocycles. The molecule has 1 N–H and O–H groups in total. The predicted molar refractivity (Wildman–Crippen MR) is 145 cm³/mol. The van der Waals surface area contributed by atoms with Crippen molar-refractivity contribution in [2.75, 3.05) is 11.9 Å². The first kappa shape index (κ1) is 26.4. The molecule has 37 heavy (non-hydrogen) atoms. The molecule has 0 aliphatic carbocycles. The molecule has 196 valence electrons. The van der Waals surface area contributed by atoms with Crippen molar-refractivity contribution in [1.82, 2.24) is 19.4 Å². The van der Waals surface area contributed by atoms with E-state index in [0.717, 1.165) is 30.2 Å². The van der Waals surface area contributed by atoms with E-state index in [1.165, 1.54) is 18.0 Å². The van der Waals surface area contributed by atoms with Crippen LogP contribution in [0.15, 0.2) is 55.5 Å². The molecule has 0 spiro atoms. The van der Waals surface area contributed by atoms with Gasteiger partial charge in [-0.2, -0.15) is 0 Å². The molecule has 1 aliphatic rings. The Bertz CT molecular complexity index is 1250. The fourth-order valence-corrected chi connectivity index (χ4v) is 4.87. The summed E-state index contributed by atoms with van der Waals surface area (Å²) in [5.74, 6) is 0.591. The zero-order valence-electron chi connectivity index (χ0n) is 22.2. The molecule has 1 amide bonds. The lowest BCUT2D eigenvalue weighted by Gasteiger charge is -2.38. The Balaban J connectivity index is 1.40. The zero-order valence-corrected chi connectivity index (χ0v) is 22.2. The van der Waals surface area contributed by atoms with E-state index < -0.39 is 0 Å². The van der Waals surface area contributed by atoms with Crippen molar-refractivity contribution in [3.8, 4) is 0 Å². The van der Waals surface area contributed by atoms with Crippen LogP contribution in [0.3, 0.4) is 0 Å². The molecule has 1 saturated heterocycles. The van der Waals surface area contributed by atoms with Crippen LogP contribution < -0.4 is 5.32 Å². The third-order valence-electron chi connectivity index (χ3n) is 7.06. The highest BCUT2D eigenvalue weighted by Crippen LogP contribution is 2.25. The summed E-state index contributed by atoms with van der Waals surface area (Å²) in [6.07, 6.45) is 7.57. The molecular weight excluding hydrogens is 466 g/mol. The molecule has 1 fully saturated rings. The molecule has 3 aromatic rings. The van der Waals surface area contributed by atoms with Gasteiger partial charge < -0.3 is 15.0 Å². The van der Waals surface area contributed by atoms with Gasteiger partial charge in [0.05, 0.1) is 11.3 Å². The van der Waals surface area contributed by atoms with Crippen LogP contribution in [-0.2, 0) is 27.5 Å². The lowest BCUT2D eigenvalue weighted by Crippen LogP contribution is -2.49. The number of hydrogen-bond donors (Lipinski definition) is 1. The molecule has 8 nitrogen and oxygen atoms in total. The average Bonchev–Trinajstić information content (AvgIpc) is 3.31.